The van der Waals surface area contributed by atoms with Crippen molar-refractivity contribution in [3.8, 4) is 0 Å². The number of hydrogen-bond acceptors (Lipinski definition) is 5. The molecule has 1 aliphatic rings. The third kappa shape index (κ3) is 4.23. The van der Waals surface area contributed by atoms with Crippen LogP contribution in [0.3, 0.4) is 0 Å². The van der Waals surface area contributed by atoms with Crippen molar-refractivity contribution < 1.29 is 26.0 Å². The van der Waals surface area contributed by atoms with E-state index in [1.54, 1.807) is 0 Å². The second kappa shape index (κ2) is 7.61. The summed E-state index contributed by atoms with van der Waals surface area (Å²) in [6.45, 7) is 0.502. The van der Waals surface area contributed by atoms with Gasteiger partial charge in [-0.2, -0.15) is 0 Å². The van der Waals surface area contributed by atoms with E-state index >= 15 is 0 Å². The maximum atomic E-state index is 13.0. The highest BCUT2D eigenvalue weighted by atomic mass is 32.2. The summed E-state index contributed by atoms with van der Waals surface area (Å²) >= 11 is 0. The molecule has 0 atom stereocenters. The number of rotatable bonds is 4. The molecule has 0 radical (unpaired) electrons. The Kier molecular flexibility index (Phi) is 5.55. The first-order valence-corrected chi connectivity index (χ1v) is 11.6. The fraction of sp³-hybridized carbons (Fsp3) is 0.278. The van der Waals surface area contributed by atoms with Crippen LogP contribution in [0.2, 0.25) is 0 Å². The normalized spacial score (nSPS) is 16.1. The van der Waals surface area contributed by atoms with E-state index in [9.17, 15) is 26.0 Å². The van der Waals surface area contributed by atoms with E-state index in [0.29, 0.717) is 5.56 Å². The zero-order valence-electron chi connectivity index (χ0n) is 14.8. The summed E-state index contributed by atoms with van der Waals surface area (Å²) in [4.78, 5) is 14.1. The lowest BCUT2D eigenvalue weighted by Crippen LogP contribution is -2.42. The number of hydrogen-bond donors (Lipinski definition) is 1. The van der Waals surface area contributed by atoms with Crippen LogP contribution in [-0.2, 0) is 19.9 Å². The maximum absolute atomic E-state index is 13.0. The van der Waals surface area contributed by atoms with Crippen LogP contribution in [0.4, 0.5) is 4.39 Å². The molecule has 3 rings (SSSR count). The number of nitrogens with zero attached hydrogens (tertiary/aromatic N) is 1. The average molecular weight is 426 g/mol. The Morgan fingerprint density at radius 2 is 1.39 bits per heavy atom. The Morgan fingerprint density at radius 1 is 0.893 bits per heavy atom. The molecule has 1 amide bonds. The molecule has 0 bridgehead atoms. The first kappa shape index (κ1) is 20.4. The summed E-state index contributed by atoms with van der Waals surface area (Å²) in [5.41, 5.74) is 0.298. The predicted octanol–water partition coefficient (Wildman–Crippen LogP) is 1.55. The smallest absolute Gasteiger partial charge is 0.253 e. The van der Waals surface area contributed by atoms with Crippen LogP contribution in [0, 0.1) is 5.82 Å². The molecule has 1 aliphatic heterocycles. The topological polar surface area (TPSA) is 115 Å². The lowest BCUT2D eigenvalue weighted by molar-refractivity contribution is 0.0725. The van der Waals surface area contributed by atoms with Crippen molar-refractivity contribution in [2.45, 2.75) is 27.9 Å². The predicted molar refractivity (Wildman–Crippen MR) is 100 cm³/mol. The molecular weight excluding hydrogens is 407 g/mol. The lowest BCUT2D eigenvalue weighted by atomic mass is 10.1. The number of carbonyl (C=O) groups is 1. The van der Waals surface area contributed by atoms with Gasteiger partial charge in [0.1, 0.15) is 5.82 Å². The van der Waals surface area contributed by atoms with Gasteiger partial charge in [-0.25, -0.2) is 26.4 Å². The molecule has 0 saturated carbocycles. The SMILES string of the molecule is NS(=O)(=O)c1ccc(C(=O)N2CCC(S(=O)(=O)c3ccc(F)cc3)CC2)cc1. The number of primary sulfonamides is 1. The van der Waals surface area contributed by atoms with Crippen molar-refractivity contribution >= 4 is 25.8 Å². The molecule has 2 N–H and O–H groups in total. The molecule has 28 heavy (non-hydrogen) atoms. The van der Waals surface area contributed by atoms with Crippen LogP contribution in [0.1, 0.15) is 23.2 Å². The molecule has 2 aromatic carbocycles. The van der Waals surface area contributed by atoms with Gasteiger partial charge in [-0.3, -0.25) is 4.79 Å². The van der Waals surface area contributed by atoms with Crippen LogP contribution in [0.5, 0.6) is 0 Å². The van der Waals surface area contributed by atoms with E-state index in [1.165, 1.54) is 41.3 Å². The molecule has 0 aliphatic carbocycles. The molecule has 1 heterocycles. The maximum Gasteiger partial charge on any atom is 0.253 e. The molecule has 1 fully saturated rings. The first-order valence-electron chi connectivity index (χ1n) is 8.50. The van der Waals surface area contributed by atoms with Gasteiger partial charge < -0.3 is 4.90 Å². The molecule has 150 valence electrons. The summed E-state index contributed by atoms with van der Waals surface area (Å²) < 4.78 is 61.0. The van der Waals surface area contributed by atoms with Gasteiger partial charge in [-0.15, -0.1) is 0 Å². The minimum Gasteiger partial charge on any atom is -0.339 e. The molecule has 0 unspecified atom stereocenters. The summed E-state index contributed by atoms with van der Waals surface area (Å²) in [7, 11) is -7.44. The van der Waals surface area contributed by atoms with E-state index in [-0.39, 0.29) is 41.6 Å². The summed E-state index contributed by atoms with van der Waals surface area (Å²) in [5.74, 6) is -0.814. The molecule has 1 saturated heterocycles. The fourth-order valence-corrected chi connectivity index (χ4v) is 5.40. The van der Waals surface area contributed by atoms with Gasteiger partial charge >= 0.3 is 0 Å². The third-order valence-electron chi connectivity index (χ3n) is 4.74. The number of sulfone groups is 1. The Labute approximate surface area is 162 Å². The van der Waals surface area contributed by atoms with Crippen LogP contribution >= 0.6 is 0 Å². The minimum absolute atomic E-state index is 0.0669. The number of likely N-dealkylation sites (tertiary alicyclic amines) is 1. The average Bonchev–Trinajstić information content (AvgIpc) is 2.67. The number of sulfonamides is 1. The number of benzene rings is 2. The van der Waals surface area contributed by atoms with E-state index < -0.39 is 30.9 Å². The van der Waals surface area contributed by atoms with Gasteiger partial charge in [0, 0.05) is 18.7 Å². The molecule has 7 nitrogen and oxygen atoms in total. The van der Waals surface area contributed by atoms with E-state index in [2.05, 4.69) is 0 Å². The Bertz CT molecular complexity index is 1070. The fourth-order valence-electron chi connectivity index (χ4n) is 3.16. The van der Waals surface area contributed by atoms with Crippen LogP contribution in [0.15, 0.2) is 58.3 Å². The largest absolute Gasteiger partial charge is 0.339 e. The quantitative estimate of drug-likeness (QED) is 0.745. The third-order valence-corrected chi connectivity index (χ3v) is 7.95. The van der Waals surface area contributed by atoms with Crippen molar-refractivity contribution in [3.05, 3.63) is 59.9 Å². The molecular formula is C18H19FN2O5S2. The standard InChI is InChI=1S/C18H19FN2O5S2/c19-14-3-7-15(8-4-14)27(23,24)16-9-11-21(12-10-16)18(22)13-1-5-17(6-2-13)28(20,25)26/h1-8,16H,9-12H2,(H2,20,25,26). The first-order chi connectivity index (χ1) is 13.1. The Morgan fingerprint density at radius 3 is 1.89 bits per heavy atom. The van der Waals surface area contributed by atoms with Crippen molar-refractivity contribution in [1.29, 1.82) is 0 Å². The summed E-state index contributed by atoms with van der Waals surface area (Å²) in [6.07, 6.45) is 0.529. The van der Waals surface area contributed by atoms with E-state index in [4.69, 9.17) is 5.14 Å². The monoisotopic (exact) mass is 426 g/mol. The summed E-state index contributed by atoms with van der Waals surface area (Å²) in [6, 6.07) is 9.98. The second-order valence-corrected chi connectivity index (χ2v) is 10.3. The molecule has 0 aromatic heterocycles. The zero-order chi connectivity index (χ0) is 20.5. The van der Waals surface area contributed by atoms with Gasteiger partial charge in [0.25, 0.3) is 5.91 Å². The van der Waals surface area contributed by atoms with Crippen molar-refractivity contribution in [2.24, 2.45) is 5.14 Å². The Balaban J connectivity index is 1.68. The molecule has 10 heteroatoms. The van der Waals surface area contributed by atoms with Crippen molar-refractivity contribution in [1.82, 2.24) is 4.90 Å². The number of nitrogens with two attached hydrogens (primary N) is 1. The van der Waals surface area contributed by atoms with Gasteiger partial charge in [0.2, 0.25) is 10.0 Å². The molecule has 2 aromatic rings. The van der Waals surface area contributed by atoms with Crippen LogP contribution in [-0.4, -0.2) is 46.0 Å². The second-order valence-electron chi connectivity index (χ2n) is 6.56. The summed E-state index contributed by atoms with van der Waals surface area (Å²) in [5, 5.41) is 4.39. The van der Waals surface area contributed by atoms with E-state index in [1.807, 2.05) is 0 Å². The van der Waals surface area contributed by atoms with Crippen LogP contribution in [0.25, 0.3) is 0 Å². The molecule has 0 spiro atoms. The number of amides is 1. The highest BCUT2D eigenvalue weighted by molar-refractivity contribution is 7.92. The van der Waals surface area contributed by atoms with Gasteiger partial charge in [-0.05, 0) is 61.4 Å². The van der Waals surface area contributed by atoms with Crippen LogP contribution < -0.4 is 5.14 Å². The van der Waals surface area contributed by atoms with Gasteiger partial charge in [-0.1, -0.05) is 0 Å². The van der Waals surface area contributed by atoms with Gasteiger partial charge in [0.15, 0.2) is 9.84 Å². The van der Waals surface area contributed by atoms with Crippen molar-refractivity contribution in [3.63, 3.8) is 0 Å². The highest BCUT2D eigenvalue weighted by Crippen LogP contribution is 2.25. The zero-order valence-corrected chi connectivity index (χ0v) is 16.4. The van der Waals surface area contributed by atoms with Gasteiger partial charge in [0.05, 0.1) is 15.0 Å². The number of halogens is 1. The highest BCUT2D eigenvalue weighted by Gasteiger charge is 2.33. The van der Waals surface area contributed by atoms with E-state index in [0.717, 1.165) is 12.1 Å². The Hall–Kier alpha value is -2.30. The lowest BCUT2D eigenvalue weighted by Gasteiger charge is -2.31. The van der Waals surface area contributed by atoms with Crippen molar-refractivity contribution in [2.75, 3.05) is 13.1 Å². The minimum atomic E-state index is -3.84. The number of carbonyl (C=O) groups excluding carboxylic acids is 1. The number of piperidine rings is 1.